The molecule has 0 aliphatic carbocycles. The van der Waals surface area contributed by atoms with Gasteiger partial charge in [0.05, 0.1) is 17.8 Å². The number of benzene rings is 1. The summed E-state index contributed by atoms with van der Waals surface area (Å²) in [5, 5.41) is 13.9. The zero-order valence-electron chi connectivity index (χ0n) is 15.5. The topological polar surface area (TPSA) is 97.6 Å². The van der Waals surface area contributed by atoms with Crippen molar-refractivity contribution in [3.8, 4) is 5.75 Å². The molecule has 1 N–H and O–H groups in total. The number of ether oxygens (including phenoxy) is 1. The number of nitro benzene ring substituents is 1. The molecule has 1 heterocycles. The molecule has 0 radical (unpaired) electrons. The highest BCUT2D eigenvalue weighted by atomic mass is 32.2. The Hall–Kier alpha value is -2.81. The lowest BCUT2D eigenvalue weighted by Crippen LogP contribution is -2.24. The Bertz CT molecular complexity index is 796. The van der Waals surface area contributed by atoms with Crippen molar-refractivity contribution in [3.05, 3.63) is 57.8 Å². The Balaban J connectivity index is 1.79. The fourth-order valence-electron chi connectivity index (χ4n) is 2.27. The van der Waals surface area contributed by atoms with E-state index in [1.807, 2.05) is 31.1 Å². The smallest absolute Gasteiger partial charge is 0.311 e. The molecule has 0 atom stereocenters. The molecule has 0 unspecified atom stereocenters. The van der Waals surface area contributed by atoms with Crippen LogP contribution in [0.1, 0.15) is 11.1 Å². The predicted molar refractivity (Wildman–Crippen MR) is 106 cm³/mol. The zero-order chi connectivity index (χ0) is 19.8. The van der Waals surface area contributed by atoms with E-state index in [0.717, 1.165) is 16.9 Å². The van der Waals surface area contributed by atoms with Crippen LogP contribution in [-0.4, -0.2) is 42.8 Å². The number of methoxy groups -OCH3 is 1. The number of hydrogen-bond donors (Lipinski definition) is 1. The Morgan fingerprint density at radius 3 is 2.63 bits per heavy atom. The number of carbonyl (C=O) groups excluding carboxylic acids is 1. The van der Waals surface area contributed by atoms with Crippen molar-refractivity contribution in [1.29, 1.82) is 0 Å². The Morgan fingerprint density at radius 2 is 2.04 bits per heavy atom. The minimum atomic E-state index is -0.477. The van der Waals surface area contributed by atoms with Gasteiger partial charge in [0.15, 0.2) is 5.75 Å². The van der Waals surface area contributed by atoms with Gasteiger partial charge in [0.25, 0.3) is 0 Å². The molecule has 0 aliphatic rings. The number of anilines is 1. The Labute approximate surface area is 162 Å². The maximum Gasteiger partial charge on any atom is 0.311 e. The van der Waals surface area contributed by atoms with Crippen LogP contribution < -0.4 is 15.0 Å². The number of thioether (sulfide) groups is 1. The lowest BCUT2D eigenvalue weighted by Gasteiger charge is -2.11. The Kier molecular flexibility index (Phi) is 7.42. The molecule has 8 nitrogen and oxygen atoms in total. The summed E-state index contributed by atoms with van der Waals surface area (Å²) in [5.74, 6) is 1.75. The summed E-state index contributed by atoms with van der Waals surface area (Å²) in [6.45, 7) is 0.411. The number of nitrogens with one attached hydrogen (secondary N) is 1. The average molecular weight is 390 g/mol. The number of rotatable bonds is 9. The van der Waals surface area contributed by atoms with Crippen LogP contribution in [0.2, 0.25) is 0 Å². The van der Waals surface area contributed by atoms with E-state index in [0.29, 0.717) is 12.3 Å². The molecular formula is C18H22N4O4S. The van der Waals surface area contributed by atoms with E-state index in [1.54, 1.807) is 18.3 Å². The van der Waals surface area contributed by atoms with Crippen molar-refractivity contribution in [1.82, 2.24) is 10.3 Å². The molecule has 2 rings (SSSR count). The van der Waals surface area contributed by atoms with Gasteiger partial charge in [-0.05, 0) is 23.3 Å². The van der Waals surface area contributed by atoms with Crippen LogP contribution in [0.3, 0.4) is 0 Å². The molecule has 1 amide bonds. The first-order chi connectivity index (χ1) is 12.9. The van der Waals surface area contributed by atoms with E-state index in [1.165, 1.54) is 24.9 Å². The first-order valence-corrected chi connectivity index (χ1v) is 9.34. The lowest BCUT2D eigenvalue weighted by atomic mass is 10.2. The number of nitro groups is 1. The summed E-state index contributed by atoms with van der Waals surface area (Å²) >= 11 is 1.39. The predicted octanol–water partition coefficient (Wildman–Crippen LogP) is 2.61. The fourth-order valence-corrected chi connectivity index (χ4v) is 3.07. The van der Waals surface area contributed by atoms with Crippen molar-refractivity contribution in [3.63, 3.8) is 0 Å². The molecule has 27 heavy (non-hydrogen) atoms. The summed E-state index contributed by atoms with van der Waals surface area (Å²) < 4.78 is 4.98. The number of carbonyl (C=O) groups is 1. The highest BCUT2D eigenvalue weighted by Crippen LogP contribution is 2.28. The number of hydrogen-bond acceptors (Lipinski definition) is 7. The van der Waals surface area contributed by atoms with Crippen LogP contribution in [0.5, 0.6) is 5.75 Å². The van der Waals surface area contributed by atoms with E-state index >= 15 is 0 Å². The van der Waals surface area contributed by atoms with Crippen molar-refractivity contribution in [2.45, 2.75) is 12.3 Å². The molecule has 1 aromatic carbocycles. The van der Waals surface area contributed by atoms with Gasteiger partial charge in [-0.1, -0.05) is 12.1 Å². The lowest BCUT2D eigenvalue weighted by molar-refractivity contribution is -0.385. The first-order valence-electron chi connectivity index (χ1n) is 8.18. The third-order valence-corrected chi connectivity index (χ3v) is 4.70. The van der Waals surface area contributed by atoms with Gasteiger partial charge in [0.1, 0.15) is 5.82 Å². The van der Waals surface area contributed by atoms with Gasteiger partial charge in [-0.15, -0.1) is 11.8 Å². The van der Waals surface area contributed by atoms with Crippen LogP contribution in [0.25, 0.3) is 0 Å². The summed E-state index contributed by atoms with van der Waals surface area (Å²) in [6, 6.07) is 8.62. The average Bonchev–Trinajstić information content (AvgIpc) is 2.66. The number of amides is 1. The highest BCUT2D eigenvalue weighted by Gasteiger charge is 2.15. The second-order valence-electron chi connectivity index (χ2n) is 5.95. The molecule has 0 spiro atoms. The van der Waals surface area contributed by atoms with Crippen LogP contribution >= 0.6 is 11.8 Å². The molecule has 2 aromatic rings. The standard InChI is InChI=1S/C18H22N4O4S/c1-21(2)17-7-5-14(9-19-17)10-20-18(23)12-27-11-13-4-6-16(26-3)15(8-13)22(24)25/h4-9H,10-12H2,1-3H3,(H,20,23). The molecule has 0 fully saturated rings. The molecule has 0 saturated heterocycles. The van der Waals surface area contributed by atoms with Crippen LogP contribution in [0.4, 0.5) is 11.5 Å². The molecule has 1 aromatic heterocycles. The molecule has 0 saturated carbocycles. The normalized spacial score (nSPS) is 10.3. The minimum absolute atomic E-state index is 0.0753. The summed E-state index contributed by atoms with van der Waals surface area (Å²) in [7, 11) is 5.22. The highest BCUT2D eigenvalue weighted by molar-refractivity contribution is 7.99. The van der Waals surface area contributed by atoms with Gasteiger partial charge in [0.2, 0.25) is 5.91 Å². The summed E-state index contributed by atoms with van der Waals surface area (Å²) in [5.41, 5.74) is 1.61. The number of nitrogens with zero attached hydrogens (tertiary/aromatic N) is 3. The van der Waals surface area contributed by atoms with Gasteiger partial charge in [-0.2, -0.15) is 0 Å². The molecule has 0 bridgehead atoms. The first kappa shape index (κ1) is 20.5. The largest absolute Gasteiger partial charge is 0.490 e. The van der Waals surface area contributed by atoms with Crippen LogP contribution in [-0.2, 0) is 17.1 Å². The maximum atomic E-state index is 12.0. The van der Waals surface area contributed by atoms with Crippen molar-refractivity contribution >= 4 is 29.2 Å². The van der Waals surface area contributed by atoms with Crippen molar-refractivity contribution in [2.24, 2.45) is 0 Å². The van der Waals surface area contributed by atoms with E-state index in [2.05, 4.69) is 10.3 Å². The SMILES string of the molecule is COc1ccc(CSCC(=O)NCc2ccc(N(C)C)nc2)cc1[N+](=O)[O-]. The maximum absolute atomic E-state index is 12.0. The monoisotopic (exact) mass is 390 g/mol. The van der Waals surface area contributed by atoms with Crippen LogP contribution in [0.15, 0.2) is 36.5 Å². The van der Waals surface area contributed by atoms with Crippen molar-refractivity contribution in [2.75, 3.05) is 31.9 Å². The number of pyridine rings is 1. The second kappa shape index (κ2) is 9.77. The molecule has 144 valence electrons. The van der Waals surface area contributed by atoms with Crippen LogP contribution in [0, 0.1) is 10.1 Å². The molecular weight excluding hydrogens is 368 g/mol. The van der Waals surface area contributed by atoms with Gasteiger partial charge < -0.3 is 15.0 Å². The second-order valence-corrected chi connectivity index (χ2v) is 6.94. The third-order valence-electron chi connectivity index (χ3n) is 3.70. The summed E-state index contributed by atoms with van der Waals surface area (Å²) in [6.07, 6.45) is 1.74. The van der Waals surface area contributed by atoms with E-state index in [9.17, 15) is 14.9 Å². The summed E-state index contributed by atoms with van der Waals surface area (Å²) in [4.78, 5) is 28.7. The van der Waals surface area contributed by atoms with E-state index < -0.39 is 4.92 Å². The fraction of sp³-hybridized carbons (Fsp3) is 0.333. The van der Waals surface area contributed by atoms with Gasteiger partial charge in [-0.3, -0.25) is 14.9 Å². The van der Waals surface area contributed by atoms with E-state index in [4.69, 9.17) is 4.74 Å². The molecule has 9 heteroatoms. The van der Waals surface area contributed by atoms with Gasteiger partial charge in [-0.25, -0.2) is 4.98 Å². The van der Waals surface area contributed by atoms with Gasteiger partial charge >= 0.3 is 5.69 Å². The molecule has 0 aliphatic heterocycles. The third kappa shape index (κ3) is 6.14. The quantitative estimate of drug-likeness (QED) is 0.519. The zero-order valence-corrected chi connectivity index (χ0v) is 16.3. The minimum Gasteiger partial charge on any atom is -0.490 e. The van der Waals surface area contributed by atoms with Gasteiger partial charge in [0, 0.05) is 38.7 Å². The van der Waals surface area contributed by atoms with E-state index in [-0.39, 0.29) is 23.1 Å². The Morgan fingerprint density at radius 1 is 1.30 bits per heavy atom. The number of aromatic nitrogens is 1. The van der Waals surface area contributed by atoms with Crippen molar-refractivity contribution < 1.29 is 14.5 Å².